The summed E-state index contributed by atoms with van der Waals surface area (Å²) in [5.41, 5.74) is 0.203. The van der Waals surface area contributed by atoms with Crippen LogP contribution in [0.3, 0.4) is 0 Å². The first-order valence-electron chi connectivity index (χ1n) is 8.22. The predicted octanol–water partition coefficient (Wildman–Crippen LogP) is 3.70. The highest BCUT2D eigenvalue weighted by atomic mass is 16.6. The number of carboxylic acids is 1. The first kappa shape index (κ1) is 18.3. The molecule has 1 N–H and O–H groups in total. The Bertz CT molecular complexity index is 570. The van der Waals surface area contributed by atoms with Gasteiger partial charge in [-0.1, -0.05) is 0 Å². The van der Waals surface area contributed by atoms with Crippen LogP contribution >= 0.6 is 0 Å². The second-order valence-electron chi connectivity index (χ2n) is 6.91. The molecule has 1 fully saturated rings. The van der Waals surface area contributed by atoms with E-state index < -0.39 is 17.7 Å². The van der Waals surface area contributed by atoms with Crippen molar-refractivity contribution in [3.8, 4) is 0 Å². The number of nitrogens with zero attached hydrogens (tertiary/aromatic N) is 1. The third kappa shape index (κ3) is 5.23. The summed E-state index contributed by atoms with van der Waals surface area (Å²) in [5.74, 6) is -0.996. The molecule has 1 aliphatic heterocycles. The van der Waals surface area contributed by atoms with E-state index in [-0.39, 0.29) is 11.7 Å². The minimum Gasteiger partial charge on any atom is -0.478 e. The van der Waals surface area contributed by atoms with Crippen LogP contribution in [0, 0.1) is 0 Å². The normalized spacial score (nSPS) is 17.5. The highest BCUT2D eigenvalue weighted by molar-refractivity contribution is 5.91. The molecule has 0 aliphatic carbocycles. The first-order chi connectivity index (χ1) is 11.3. The lowest BCUT2D eigenvalue weighted by molar-refractivity contribution is 0.0567. The molecule has 1 aromatic carbocycles. The standard InChI is InChI=1S/C18H25NO5/c1-18(2,3)24-17(22)19(11-10-15-5-4-12-23-15)14-8-6-13(7-9-14)16(20)21/h6-9,15H,4-5,10-12H2,1-3H3,(H,20,21). The van der Waals surface area contributed by atoms with Crippen LogP contribution < -0.4 is 4.90 Å². The fourth-order valence-corrected chi connectivity index (χ4v) is 2.57. The summed E-state index contributed by atoms with van der Waals surface area (Å²) in [6.45, 7) is 6.68. The van der Waals surface area contributed by atoms with Crippen molar-refractivity contribution in [2.75, 3.05) is 18.1 Å². The molecule has 6 heteroatoms. The number of carboxylic acid groups (broad SMARTS) is 1. The highest BCUT2D eigenvalue weighted by Gasteiger charge is 2.25. The average molecular weight is 335 g/mol. The minimum absolute atomic E-state index is 0.160. The second-order valence-corrected chi connectivity index (χ2v) is 6.91. The molecule has 1 atom stereocenters. The number of ether oxygens (including phenoxy) is 2. The van der Waals surface area contributed by atoms with E-state index in [0.717, 1.165) is 25.9 Å². The van der Waals surface area contributed by atoms with Gasteiger partial charge >= 0.3 is 12.1 Å². The Morgan fingerprint density at radius 2 is 1.96 bits per heavy atom. The Balaban J connectivity index is 2.13. The van der Waals surface area contributed by atoms with Crippen molar-refractivity contribution in [2.24, 2.45) is 0 Å². The van der Waals surface area contributed by atoms with E-state index in [4.69, 9.17) is 14.6 Å². The number of carbonyl (C=O) groups is 2. The zero-order valence-corrected chi connectivity index (χ0v) is 14.4. The molecule has 0 bridgehead atoms. The third-order valence-corrected chi connectivity index (χ3v) is 3.74. The molecule has 2 rings (SSSR count). The van der Waals surface area contributed by atoms with Crippen molar-refractivity contribution in [2.45, 2.75) is 51.7 Å². The SMILES string of the molecule is CC(C)(C)OC(=O)N(CCC1CCCO1)c1ccc(C(=O)O)cc1. The molecule has 1 aliphatic rings. The summed E-state index contributed by atoms with van der Waals surface area (Å²) >= 11 is 0. The van der Waals surface area contributed by atoms with E-state index in [1.807, 2.05) is 20.8 Å². The van der Waals surface area contributed by atoms with Crippen LogP contribution in [0.2, 0.25) is 0 Å². The summed E-state index contributed by atoms with van der Waals surface area (Å²) in [6.07, 6.45) is 2.49. The molecular weight excluding hydrogens is 310 g/mol. The highest BCUT2D eigenvalue weighted by Crippen LogP contribution is 2.22. The van der Waals surface area contributed by atoms with Gasteiger partial charge in [0.25, 0.3) is 0 Å². The number of aromatic carboxylic acids is 1. The minimum atomic E-state index is -0.996. The monoisotopic (exact) mass is 335 g/mol. The fourth-order valence-electron chi connectivity index (χ4n) is 2.57. The van der Waals surface area contributed by atoms with Crippen LogP contribution in [0.5, 0.6) is 0 Å². The van der Waals surface area contributed by atoms with E-state index in [1.54, 1.807) is 17.0 Å². The Labute approximate surface area is 142 Å². The van der Waals surface area contributed by atoms with Gasteiger partial charge in [0.15, 0.2) is 0 Å². The van der Waals surface area contributed by atoms with Crippen molar-refractivity contribution in [3.05, 3.63) is 29.8 Å². The van der Waals surface area contributed by atoms with Crippen molar-refractivity contribution in [3.63, 3.8) is 0 Å². The van der Waals surface area contributed by atoms with Gasteiger partial charge in [0.05, 0.1) is 11.7 Å². The topological polar surface area (TPSA) is 76.1 Å². The van der Waals surface area contributed by atoms with Gasteiger partial charge in [0, 0.05) is 18.8 Å². The smallest absolute Gasteiger partial charge is 0.414 e. The number of hydrogen-bond acceptors (Lipinski definition) is 4. The number of carbonyl (C=O) groups excluding carboxylic acids is 1. The van der Waals surface area contributed by atoms with Crippen molar-refractivity contribution >= 4 is 17.7 Å². The molecule has 0 radical (unpaired) electrons. The van der Waals surface area contributed by atoms with Gasteiger partial charge in [0.1, 0.15) is 5.60 Å². The zero-order valence-electron chi connectivity index (χ0n) is 14.4. The van der Waals surface area contributed by atoms with Crippen LogP contribution in [-0.4, -0.2) is 42.0 Å². The van der Waals surface area contributed by atoms with Gasteiger partial charge in [-0.3, -0.25) is 4.90 Å². The molecule has 132 valence electrons. The van der Waals surface area contributed by atoms with Crippen molar-refractivity contribution < 1.29 is 24.2 Å². The van der Waals surface area contributed by atoms with Crippen LogP contribution in [0.25, 0.3) is 0 Å². The molecule has 1 heterocycles. The van der Waals surface area contributed by atoms with Gasteiger partial charge < -0.3 is 14.6 Å². The predicted molar refractivity (Wildman–Crippen MR) is 90.6 cm³/mol. The molecule has 1 unspecified atom stereocenters. The molecule has 24 heavy (non-hydrogen) atoms. The van der Waals surface area contributed by atoms with Crippen LogP contribution in [-0.2, 0) is 9.47 Å². The molecule has 0 aromatic heterocycles. The van der Waals surface area contributed by atoms with E-state index in [0.29, 0.717) is 12.2 Å². The number of hydrogen-bond donors (Lipinski definition) is 1. The van der Waals surface area contributed by atoms with Gasteiger partial charge in [0.2, 0.25) is 0 Å². The second kappa shape index (κ2) is 7.66. The fraction of sp³-hybridized carbons (Fsp3) is 0.556. The average Bonchev–Trinajstić information content (AvgIpc) is 2.99. The van der Waals surface area contributed by atoms with E-state index in [2.05, 4.69) is 0 Å². The zero-order chi connectivity index (χ0) is 17.7. The lowest BCUT2D eigenvalue weighted by Gasteiger charge is -2.28. The summed E-state index contributed by atoms with van der Waals surface area (Å²) in [7, 11) is 0. The molecule has 6 nitrogen and oxygen atoms in total. The van der Waals surface area contributed by atoms with Crippen molar-refractivity contribution in [1.82, 2.24) is 0 Å². The summed E-state index contributed by atoms with van der Waals surface area (Å²) in [5, 5.41) is 9.00. The first-order valence-corrected chi connectivity index (χ1v) is 8.22. The number of anilines is 1. The van der Waals surface area contributed by atoms with Gasteiger partial charge in [-0.25, -0.2) is 9.59 Å². The van der Waals surface area contributed by atoms with Gasteiger partial charge in [-0.15, -0.1) is 0 Å². The maximum Gasteiger partial charge on any atom is 0.414 e. The quantitative estimate of drug-likeness (QED) is 0.888. The number of amides is 1. The maximum atomic E-state index is 12.5. The lowest BCUT2D eigenvalue weighted by atomic mass is 10.1. The van der Waals surface area contributed by atoms with Crippen molar-refractivity contribution in [1.29, 1.82) is 0 Å². The number of benzene rings is 1. The summed E-state index contributed by atoms with van der Waals surface area (Å²) < 4.78 is 11.1. The lowest BCUT2D eigenvalue weighted by Crippen LogP contribution is -2.38. The van der Waals surface area contributed by atoms with Gasteiger partial charge in [-0.2, -0.15) is 0 Å². The van der Waals surface area contributed by atoms with Crippen LogP contribution in [0.15, 0.2) is 24.3 Å². The number of rotatable bonds is 5. The molecular formula is C18H25NO5. The molecule has 0 spiro atoms. The largest absolute Gasteiger partial charge is 0.478 e. The van der Waals surface area contributed by atoms with Crippen LogP contribution in [0.1, 0.15) is 50.4 Å². The molecule has 1 aromatic rings. The third-order valence-electron chi connectivity index (χ3n) is 3.74. The van der Waals surface area contributed by atoms with E-state index in [9.17, 15) is 9.59 Å². The Hall–Kier alpha value is -2.08. The summed E-state index contributed by atoms with van der Waals surface area (Å²) in [6, 6.07) is 6.23. The molecule has 0 saturated carbocycles. The maximum absolute atomic E-state index is 12.5. The Morgan fingerprint density at radius 1 is 1.29 bits per heavy atom. The van der Waals surface area contributed by atoms with E-state index >= 15 is 0 Å². The Kier molecular flexibility index (Phi) is 5.83. The Morgan fingerprint density at radius 3 is 2.46 bits per heavy atom. The van der Waals surface area contributed by atoms with Crippen LogP contribution in [0.4, 0.5) is 10.5 Å². The van der Waals surface area contributed by atoms with Gasteiger partial charge in [-0.05, 0) is 64.3 Å². The molecule has 1 saturated heterocycles. The molecule has 1 amide bonds. The van der Waals surface area contributed by atoms with E-state index in [1.165, 1.54) is 12.1 Å². The summed E-state index contributed by atoms with van der Waals surface area (Å²) in [4.78, 5) is 25.1.